The van der Waals surface area contributed by atoms with E-state index in [0.29, 0.717) is 31.7 Å². The van der Waals surface area contributed by atoms with E-state index in [4.69, 9.17) is 9.47 Å². The largest absolute Gasteiger partial charge is 0.436 e. The van der Waals surface area contributed by atoms with E-state index in [9.17, 15) is 9.59 Å². The quantitative estimate of drug-likeness (QED) is 0.274. The van der Waals surface area contributed by atoms with E-state index in [1.54, 1.807) is 17.0 Å². The molecule has 1 heterocycles. The summed E-state index contributed by atoms with van der Waals surface area (Å²) in [6, 6.07) is 29.1. The van der Waals surface area contributed by atoms with Crippen molar-refractivity contribution in [2.45, 2.75) is 77.5 Å². The zero-order valence-corrected chi connectivity index (χ0v) is 23.7. The maximum Gasteiger partial charge on any atom is 0.413 e. The summed E-state index contributed by atoms with van der Waals surface area (Å²) in [5.41, 5.74) is 1.34. The molecule has 0 aliphatic carbocycles. The molecule has 3 aromatic carbocycles. The summed E-state index contributed by atoms with van der Waals surface area (Å²) in [7, 11) is 0. The predicted octanol–water partition coefficient (Wildman–Crippen LogP) is 6.70. The molecule has 0 saturated carbocycles. The molecule has 1 saturated heterocycles. The average molecular weight is 529 g/mol. The molecule has 39 heavy (non-hydrogen) atoms. The lowest BCUT2D eigenvalue weighted by Crippen LogP contribution is -2.56. The zero-order valence-electron chi connectivity index (χ0n) is 23.7. The van der Waals surface area contributed by atoms with Gasteiger partial charge in [-0.25, -0.2) is 4.79 Å². The Morgan fingerprint density at radius 3 is 1.77 bits per heavy atom. The molecule has 0 radical (unpaired) electrons. The van der Waals surface area contributed by atoms with Crippen LogP contribution in [0.25, 0.3) is 0 Å². The van der Waals surface area contributed by atoms with Crippen molar-refractivity contribution < 1.29 is 19.1 Å². The van der Waals surface area contributed by atoms with Crippen LogP contribution >= 0.6 is 0 Å². The van der Waals surface area contributed by atoms with Gasteiger partial charge in [0.1, 0.15) is 5.72 Å². The average Bonchev–Trinajstić information content (AvgIpc) is 3.16. The van der Waals surface area contributed by atoms with Gasteiger partial charge in [0.25, 0.3) is 0 Å². The third-order valence-electron chi connectivity index (χ3n) is 7.34. The van der Waals surface area contributed by atoms with Crippen molar-refractivity contribution in [2.24, 2.45) is 0 Å². The number of carbonyl (C=O) groups excluding carboxylic acids is 2. The van der Waals surface area contributed by atoms with Crippen LogP contribution in [-0.2, 0) is 22.6 Å². The molecular weight excluding hydrogens is 488 g/mol. The Labute approximate surface area is 232 Å². The molecule has 6 heteroatoms. The van der Waals surface area contributed by atoms with E-state index in [-0.39, 0.29) is 11.8 Å². The van der Waals surface area contributed by atoms with Crippen LogP contribution < -0.4 is 0 Å². The Morgan fingerprint density at radius 1 is 0.846 bits per heavy atom. The lowest BCUT2D eigenvalue weighted by molar-refractivity contribution is -0.0636. The minimum Gasteiger partial charge on any atom is -0.436 e. The summed E-state index contributed by atoms with van der Waals surface area (Å²) < 4.78 is 12.2. The molecule has 0 unspecified atom stereocenters. The molecule has 0 spiro atoms. The molecule has 2 atom stereocenters. The van der Waals surface area contributed by atoms with Crippen molar-refractivity contribution >= 4 is 11.9 Å². The number of hydrogen-bond donors (Lipinski definition) is 0. The fraction of sp³-hybridized carbons (Fsp3) is 0.394. The van der Waals surface area contributed by atoms with Gasteiger partial charge in [-0.15, -0.1) is 0 Å². The number of ether oxygens (including phenoxy) is 2. The minimum atomic E-state index is -1.01. The second-order valence-electron chi connectivity index (χ2n) is 11.3. The van der Waals surface area contributed by atoms with Crippen molar-refractivity contribution in [3.05, 3.63) is 108 Å². The zero-order chi connectivity index (χ0) is 28.0. The van der Waals surface area contributed by atoms with Crippen LogP contribution in [-0.4, -0.2) is 51.7 Å². The normalized spacial score (nSPS) is 17.5. The van der Waals surface area contributed by atoms with E-state index in [1.807, 2.05) is 89.2 Å². The van der Waals surface area contributed by atoms with E-state index in [0.717, 1.165) is 11.1 Å². The van der Waals surface area contributed by atoms with Gasteiger partial charge in [0.15, 0.2) is 6.10 Å². The van der Waals surface area contributed by atoms with Crippen LogP contribution in [0.4, 0.5) is 4.79 Å². The first kappa shape index (κ1) is 28.5. The number of Topliss-reactive ketones (excluding diaryl/α,β-unsaturated/α-hetero) is 1. The van der Waals surface area contributed by atoms with Crippen LogP contribution in [0.15, 0.2) is 91.0 Å². The summed E-state index contributed by atoms with van der Waals surface area (Å²) in [5.74, 6) is -0.211. The number of benzene rings is 3. The van der Waals surface area contributed by atoms with Gasteiger partial charge < -0.3 is 9.47 Å². The Balaban J connectivity index is 1.73. The minimum absolute atomic E-state index is 0.211. The standard InChI is InChI=1S/C33H40N2O4/c1-6-28(34(22-25-16-10-7-11-17-25)23-26-18-12-8-13-19-26)30(29(36)27-20-14-9-15-21-27)39-31(37)35-32(2,3)24-38-33(35,4)5/h7-21,28,30H,6,22-24H2,1-5H3/t28-,30+/m0/s1. The van der Waals surface area contributed by atoms with Crippen molar-refractivity contribution in [3.63, 3.8) is 0 Å². The first-order valence-electron chi connectivity index (χ1n) is 13.7. The second-order valence-corrected chi connectivity index (χ2v) is 11.3. The van der Waals surface area contributed by atoms with Crippen LogP contribution in [0.5, 0.6) is 0 Å². The van der Waals surface area contributed by atoms with Crippen LogP contribution in [0.3, 0.4) is 0 Å². The summed E-state index contributed by atoms with van der Waals surface area (Å²) in [4.78, 5) is 31.8. The van der Waals surface area contributed by atoms with Crippen LogP contribution in [0, 0.1) is 0 Å². The summed E-state index contributed by atoms with van der Waals surface area (Å²) in [6.45, 7) is 11.2. The number of ketones is 1. The molecule has 3 aromatic rings. The number of amides is 1. The van der Waals surface area contributed by atoms with Gasteiger partial charge in [0.2, 0.25) is 5.78 Å². The van der Waals surface area contributed by atoms with Crippen LogP contribution in [0.1, 0.15) is 62.5 Å². The Hall–Kier alpha value is -3.48. The van der Waals surface area contributed by atoms with Crippen molar-refractivity contribution in [2.75, 3.05) is 6.61 Å². The molecule has 1 amide bonds. The third kappa shape index (κ3) is 6.75. The van der Waals surface area contributed by atoms with Gasteiger partial charge in [0.05, 0.1) is 18.2 Å². The molecule has 1 fully saturated rings. The van der Waals surface area contributed by atoms with Gasteiger partial charge in [-0.1, -0.05) is 97.9 Å². The molecule has 0 N–H and O–H groups in total. The van der Waals surface area contributed by atoms with Crippen molar-refractivity contribution in [1.29, 1.82) is 0 Å². The van der Waals surface area contributed by atoms with Crippen LogP contribution in [0.2, 0.25) is 0 Å². The van der Waals surface area contributed by atoms with Gasteiger partial charge >= 0.3 is 6.09 Å². The third-order valence-corrected chi connectivity index (χ3v) is 7.34. The molecule has 0 bridgehead atoms. The SMILES string of the molecule is CC[C@@H]([C@@H](OC(=O)N1C(C)(C)COC1(C)C)C(=O)c1ccccc1)N(Cc1ccccc1)Cc1ccccc1. The number of nitrogens with zero attached hydrogens (tertiary/aromatic N) is 2. The molecule has 0 aromatic heterocycles. The Morgan fingerprint density at radius 2 is 1.33 bits per heavy atom. The van der Waals surface area contributed by atoms with Crippen molar-refractivity contribution in [1.82, 2.24) is 9.80 Å². The molecule has 6 nitrogen and oxygen atoms in total. The fourth-order valence-corrected chi connectivity index (χ4v) is 5.50. The molecule has 206 valence electrons. The van der Waals surface area contributed by atoms with E-state index in [1.165, 1.54) is 0 Å². The van der Waals surface area contributed by atoms with Gasteiger partial charge in [-0.2, -0.15) is 0 Å². The lowest BCUT2D eigenvalue weighted by atomic mass is 9.96. The second kappa shape index (κ2) is 12.1. The highest BCUT2D eigenvalue weighted by atomic mass is 16.6. The van der Waals surface area contributed by atoms with Gasteiger partial charge in [-0.05, 0) is 45.2 Å². The lowest BCUT2D eigenvalue weighted by Gasteiger charge is -2.40. The molecule has 4 rings (SSSR count). The highest BCUT2D eigenvalue weighted by Gasteiger charge is 2.51. The summed E-state index contributed by atoms with van der Waals surface area (Å²) >= 11 is 0. The smallest absolute Gasteiger partial charge is 0.413 e. The van der Waals surface area contributed by atoms with E-state index >= 15 is 0 Å². The maximum atomic E-state index is 14.1. The van der Waals surface area contributed by atoms with Gasteiger partial charge in [-0.3, -0.25) is 14.6 Å². The summed E-state index contributed by atoms with van der Waals surface area (Å²) in [5, 5.41) is 0. The highest BCUT2D eigenvalue weighted by Crippen LogP contribution is 2.36. The molecular formula is C33H40N2O4. The fourth-order valence-electron chi connectivity index (χ4n) is 5.50. The monoisotopic (exact) mass is 528 g/mol. The highest BCUT2D eigenvalue weighted by molar-refractivity contribution is 6.00. The predicted molar refractivity (Wildman–Crippen MR) is 153 cm³/mol. The van der Waals surface area contributed by atoms with Gasteiger partial charge in [0, 0.05) is 18.7 Å². The molecule has 1 aliphatic heterocycles. The Kier molecular flexibility index (Phi) is 8.88. The van der Waals surface area contributed by atoms with E-state index < -0.39 is 23.5 Å². The number of hydrogen-bond acceptors (Lipinski definition) is 5. The topological polar surface area (TPSA) is 59.1 Å². The number of rotatable bonds is 10. The Bertz CT molecular complexity index is 1170. The van der Waals surface area contributed by atoms with E-state index in [2.05, 4.69) is 29.2 Å². The maximum absolute atomic E-state index is 14.1. The summed E-state index contributed by atoms with van der Waals surface area (Å²) in [6.07, 6.45) is -0.946. The number of carbonyl (C=O) groups is 2. The first-order valence-corrected chi connectivity index (χ1v) is 13.7. The molecule has 1 aliphatic rings. The van der Waals surface area contributed by atoms with Crippen molar-refractivity contribution in [3.8, 4) is 0 Å². The first-order chi connectivity index (χ1) is 18.6.